The smallest absolute Gasteiger partial charge is 0.493 e. The molecule has 2 aromatic rings. The van der Waals surface area contributed by atoms with Crippen LogP contribution in [0.3, 0.4) is 0 Å². The summed E-state index contributed by atoms with van der Waals surface area (Å²) >= 11 is 0. The fourth-order valence-electron chi connectivity index (χ4n) is 2.17. The molecule has 0 aliphatic carbocycles. The van der Waals surface area contributed by atoms with Crippen LogP contribution in [0.2, 0.25) is 0 Å². The van der Waals surface area contributed by atoms with Crippen molar-refractivity contribution >= 4 is 20.0 Å². The molecule has 2 aromatic carbocycles. The van der Waals surface area contributed by atoms with Crippen LogP contribution in [0.5, 0.6) is 23.0 Å². The van der Waals surface area contributed by atoms with Gasteiger partial charge in [-0.15, -0.1) is 0 Å². The van der Waals surface area contributed by atoms with Crippen LogP contribution in [0.1, 0.15) is 11.1 Å². The minimum Gasteiger partial charge on any atom is -0.493 e. The monoisotopic (exact) mass is 366 g/mol. The molecule has 8 heteroatoms. The summed E-state index contributed by atoms with van der Waals surface area (Å²) in [5.41, 5.74) is 1.66. The van der Waals surface area contributed by atoms with Gasteiger partial charge in [-0.25, -0.2) is 4.57 Å². The molecule has 0 amide bonds. The van der Waals surface area contributed by atoms with Gasteiger partial charge in [0.25, 0.3) is 0 Å². The van der Waals surface area contributed by atoms with Crippen molar-refractivity contribution in [1.29, 1.82) is 0 Å². The third-order valence-electron chi connectivity index (χ3n) is 3.26. The van der Waals surface area contributed by atoms with E-state index >= 15 is 0 Å². The highest BCUT2D eigenvalue weighted by molar-refractivity contribution is 7.46. The minimum absolute atomic E-state index is 0.0956. The minimum atomic E-state index is -4.55. The summed E-state index contributed by atoms with van der Waals surface area (Å²) in [6.07, 6.45) is 3.69. The van der Waals surface area contributed by atoms with E-state index in [4.69, 9.17) is 24.0 Å². The van der Waals surface area contributed by atoms with E-state index in [-0.39, 0.29) is 5.75 Å². The molecule has 0 saturated carbocycles. The average Bonchev–Trinajstić information content (AvgIpc) is 2.58. The second-order valence-corrected chi connectivity index (χ2v) is 6.11. The van der Waals surface area contributed by atoms with Crippen LogP contribution in [-0.4, -0.2) is 31.1 Å². The van der Waals surface area contributed by atoms with E-state index in [9.17, 15) is 4.57 Å². The Balaban J connectivity index is 2.22. The molecule has 0 saturated heterocycles. The van der Waals surface area contributed by atoms with Crippen LogP contribution in [0.15, 0.2) is 36.4 Å². The zero-order chi connectivity index (χ0) is 18.4. The van der Waals surface area contributed by atoms with Crippen molar-refractivity contribution in [3.63, 3.8) is 0 Å². The van der Waals surface area contributed by atoms with Gasteiger partial charge in [-0.1, -0.05) is 24.3 Å². The number of hydrogen-bond acceptors (Lipinski definition) is 5. The Morgan fingerprint density at radius 2 is 1.36 bits per heavy atom. The van der Waals surface area contributed by atoms with Crippen molar-refractivity contribution in [3.8, 4) is 23.0 Å². The lowest BCUT2D eigenvalue weighted by atomic mass is 10.1. The number of phosphoric acid groups is 1. The molecule has 0 spiro atoms. The Morgan fingerprint density at radius 3 is 1.80 bits per heavy atom. The highest BCUT2D eigenvalue weighted by atomic mass is 31.2. The predicted molar refractivity (Wildman–Crippen MR) is 94.1 cm³/mol. The van der Waals surface area contributed by atoms with Gasteiger partial charge in [-0.05, 0) is 35.4 Å². The van der Waals surface area contributed by atoms with Gasteiger partial charge in [-0.3, -0.25) is 9.79 Å². The number of phosphoric ester groups is 1. The fraction of sp³-hybridized carbons (Fsp3) is 0.176. The molecule has 0 aliphatic heterocycles. The topological polar surface area (TPSA) is 94.5 Å². The summed E-state index contributed by atoms with van der Waals surface area (Å²) in [6.45, 7) is 0. The number of methoxy groups -OCH3 is 3. The Morgan fingerprint density at radius 1 is 0.840 bits per heavy atom. The van der Waals surface area contributed by atoms with E-state index < -0.39 is 7.82 Å². The number of rotatable bonds is 7. The van der Waals surface area contributed by atoms with E-state index in [0.29, 0.717) is 17.2 Å². The third-order valence-corrected chi connectivity index (χ3v) is 3.71. The third kappa shape index (κ3) is 5.26. The van der Waals surface area contributed by atoms with Crippen LogP contribution in [-0.2, 0) is 4.57 Å². The number of hydrogen-bond donors (Lipinski definition) is 2. The van der Waals surface area contributed by atoms with Gasteiger partial charge < -0.3 is 18.7 Å². The molecule has 0 heterocycles. The summed E-state index contributed by atoms with van der Waals surface area (Å²) in [5, 5.41) is 0. The summed E-state index contributed by atoms with van der Waals surface area (Å²) < 4.78 is 31.2. The molecule has 2 rings (SSSR count). The van der Waals surface area contributed by atoms with E-state index in [1.54, 1.807) is 26.4 Å². The second-order valence-electron chi connectivity index (χ2n) is 4.94. The SMILES string of the molecule is COc1cc(/C=C\c2ccc(OP(=O)(O)O)cc2)cc(OC)c1OC. The highest BCUT2D eigenvalue weighted by Crippen LogP contribution is 2.39. The second kappa shape index (κ2) is 8.07. The van der Waals surface area contributed by atoms with E-state index in [1.807, 2.05) is 24.3 Å². The first-order valence-electron chi connectivity index (χ1n) is 7.19. The van der Waals surface area contributed by atoms with Crippen LogP contribution in [0.25, 0.3) is 12.2 Å². The summed E-state index contributed by atoms with van der Waals surface area (Å²) in [4.78, 5) is 17.5. The van der Waals surface area contributed by atoms with Gasteiger partial charge >= 0.3 is 7.82 Å². The zero-order valence-corrected chi connectivity index (χ0v) is 14.9. The van der Waals surface area contributed by atoms with Crippen LogP contribution < -0.4 is 18.7 Å². The van der Waals surface area contributed by atoms with Crippen LogP contribution in [0, 0.1) is 0 Å². The Kier molecular flexibility index (Phi) is 6.09. The molecule has 0 aliphatic rings. The molecule has 134 valence electrons. The molecule has 2 N–H and O–H groups in total. The maximum Gasteiger partial charge on any atom is 0.524 e. The van der Waals surface area contributed by atoms with Gasteiger partial charge in [0.15, 0.2) is 11.5 Å². The fourth-order valence-corrected chi connectivity index (χ4v) is 2.56. The molecule has 0 bridgehead atoms. The Bertz CT molecular complexity index is 768. The highest BCUT2D eigenvalue weighted by Gasteiger charge is 2.15. The molecular weight excluding hydrogens is 347 g/mol. The van der Waals surface area contributed by atoms with Crippen molar-refractivity contribution in [2.24, 2.45) is 0 Å². The first-order chi connectivity index (χ1) is 11.9. The van der Waals surface area contributed by atoms with Crippen molar-refractivity contribution in [1.82, 2.24) is 0 Å². The van der Waals surface area contributed by atoms with Gasteiger partial charge in [0.1, 0.15) is 5.75 Å². The number of benzene rings is 2. The van der Waals surface area contributed by atoms with Gasteiger partial charge in [0, 0.05) is 0 Å². The van der Waals surface area contributed by atoms with Crippen molar-refractivity contribution < 1.29 is 33.1 Å². The maximum absolute atomic E-state index is 10.8. The molecule has 7 nitrogen and oxygen atoms in total. The van der Waals surface area contributed by atoms with E-state index in [2.05, 4.69) is 4.52 Å². The first-order valence-corrected chi connectivity index (χ1v) is 8.72. The van der Waals surface area contributed by atoms with Crippen molar-refractivity contribution in [2.45, 2.75) is 0 Å². The lowest BCUT2D eigenvalue weighted by molar-refractivity contribution is 0.283. The molecule has 0 radical (unpaired) electrons. The molecular formula is C17H19O7P. The lowest BCUT2D eigenvalue weighted by Gasteiger charge is -2.12. The molecule has 0 atom stereocenters. The average molecular weight is 366 g/mol. The van der Waals surface area contributed by atoms with Gasteiger partial charge in [0.05, 0.1) is 21.3 Å². The molecule has 0 unspecified atom stereocenters. The van der Waals surface area contributed by atoms with Crippen LogP contribution in [0.4, 0.5) is 0 Å². The summed E-state index contributed by atoms with van der Waals surface area (Å²) in [7, 11) is 0.0814. The lowest BCUT2D eigenvalue weighted by Crippen LogP contribution is -1.95. The van der Waals surface area contributed by atoms with Crippen molar-refractivity contribution in [3.05, 3.63) is 47.5 Å². The molecule has 0 fully saturated rings. The molecule has 25 heavy (non-hydrogen) atoms. The van der Waals surface area contributed by atoms with Gasteiger partial charge in [0.2, 0.25) is 5.75 Å². The Hall–Kier alpha value is -2.47. The number of ether oxygens (including phenoxy) is 3. The largest absolute Gasteiger partial charge is 0.524 e. The molecule has 0 aromatic heterocycles. The quantitative estimate of drug-likeness (QED) is 0.573. The van der Waals surface area contributed by atoms with E-state index in [1.165, 1.54) is 19.2 Å². The van der Waals surface area contributed by atoms with Crippen LogP contribution >= 0.6 is 7.82 Å². The predicted octanol–water partition coefficient (Wildman–Crippen LogP) is 3.35. The Labute approximate surface area is 145 Å². The normalized spacial score (nSPS) is 11.4. The van der Waals surface area contributed by atoms with Gasteiger partial charge in [-0.2, -0.15) is 0 Å². The maximum atomic E-state index is 10.8. The standard InChI is InChI=1S/C17H19O7P/c1-21-15-10-13(11-16(22-2)17(15)23-3)5-4-12-6-8-14(9-7-12)24-25(18,19)20/h4-11H,1-3H3,(H2,18,19,20)/b5-4-. The zero-order valence-electron chi connectivity index (χ0n) is 14.0. The van der Waals surface area contributed by atoms with E-state index in [0.717, 1.165) is 11.1 Å². The summed E-state index contributed by atoms with van der Waals surface area (Å²) in [5.74, 6) is 1.71. The first kappa shape index (κ1) is 18.9. The van der Waals surface area contributed by atoms with Crippen molar-refractivity contribution in [2.75, 3.05) is 21.3 Å². The summed E-state index contributed by atoms with van der Waals surface area (Å²) in [6, 6.07) is 9.94.